The van der Waals surface area contributed by atoms with E-state index in [-0.39, 0.29) is 27.4 Å². The predicted molar refractivity (Wildman–Crippen MR) is 121 cm³/mol. The number of hydrogen-bond donors (Lipinski definition) is 2. The molecule has 0 unspecified atom stereocenters. The highest BCUT2D eigenvalue weighted by Crippen LogP contribution is 2.38. The Balaban J connectivity index is 1.79. The van der Waals surface area contributed by atoms with Crippen LogP contribution in [0.3, 0.4) is 0 Å². The maximum Gasteiger partial charge on any atom is 0.251 e. The first-order valence-electron chi connectivity index (χ1n) is 10.5. The number of aromatic nitrogens is 1. The molecule has 1 aromatic carbocycles. The van der Waals surface area contributed by atoms with Gasteiger partial charge in [0.25, 0.3) is 5.56 Å². The number of benzene rings is 1. The van der Waals surface area contributed by atoms with E-state index in [1.807, 2.05) is 18.2 Å². The molecule has 1 amide bonds. The van der Waals surface area contributed by atoms with E-state index in [0.717, 1.165) is 18.4 Å². The van der Waals surface area contributed by atoms with Crippen molar-refractivity contribution in [2.75, 3.05) is 0 Å². The summed E-state index contributed by atoms with van der Waals surface area (Å²) in [6.07, 6.45) is 5.05. The Morgan fingerprint density at radius 1 is 1.13 bits per heavy atom. The van der Waals surface area contributed by atoms with E-state index in [2.05, 4.69) is 10.3 Å². The van der Waals surface area contributed by atoms with Crippen LogP contribution in [-0.2, 0) is 14.6 Å². The van der Waals surface area contributed by atoms with Crippen LogP contribution in [0.4, 0.5) is 0 Å². The quantitative estimate of drug-likeness (QED) is 0.685. The van der Waals surface area contributed by atoms with Crippen LogP contribution in [0.25, 0.3) is 5.57 Å². The first kappa shape index (κ1) is 21.8. The molecule has 2 fully saturated rings. The maximum atomic E-state index is 12.6. The fraction of sp³-hybridized carbons (Fsp3) is 0.391. The molecule has 31 heavy (non-hydrogen) atoms. The number of carbonyl (C=O) groups excluding carboxylic acids is 1. The topological polar surface area (TPSA) is 96.1 Å². The highest BCUT2D eigenvalue weighted by Gasteiger charge is 2.27. The van der Waals surface area contributed by atoms with E-state index in [9.17, 15) is 18.0 Å². The van der Waals surface area contributed by atoms with Gasteiger partial charge in [-0.25, -0.2) is 8.42 Å². The molecule has 1 aliphatic heterocycles. The van der Waals surface area contributed by atoms with Gasteiger partial charge < -0.3 is 10.3 Å². The average Bonchev–Trinajstić information content (AvgIpc) is 3.46. The molecule has 1 atom stereocenters. The Morgan fingerprint density at radius 2 is 1.87 bits per heavy atom. The third-order valence-electron chi connectivity index (χ3n) is 5.81. The first-order valence-corrected chi connectivity index (χ1v) is 12.4. The SMILES string of the molecule is CC(C)S(=O)(=O)c1ccc(/C(=C/[C@H]2CCC(=O)N2)c2ccc(C3CC3)c(=O)[nH]2)cc1Cl. The highest BCUT2D eigenvalue weighted by molar-refractivity contribution is 7.92. The molecule has 0 radical (unpaired) electrons. The highest BCUT2D eigenvalue weighted by atomic mass is 35.5. The van der Waals surface area contributed by atoms with E-state index in [1.54, 1.807) is 26.0 Å². The molecule has 1 saturated carbocycles. The molecule has 8 heteroatoms. The molecule has 164 valence electrons. The molecule has 0 bridgehead atoms. The molecule has 6 nitrogen and oxygen atoms in total. The van der Waals surface area contributed by atoms with Gasteiger partial charge in [0.2, 0.25) is 5.91 Å². The Bertz CT molecular complexity index is 1230. The number of nitrogens with one attached hydrogen (secondary N) is 2. The van der Waals surface area contributed by atoms with Crippen molar-refractivity contribution in [2.24, 2.45) is 0 Å². The number of aromatic amines is 1. The van der Waals surface area contributed by atoms with Crippen LogP contribution in [0.1, 0.15) is 62.3 Å². The van der Waals surface area contributed by atoms with Crippen molar-refractivity contribution in [1.82, 2.24) is 10.3 Å². The van der Waals surface area contributed by atoms with Crippen molar-refractivity contribution in [1.29, 1.82) is 0 Å². The van der Waals surface area contributed by atoms with Gasteiger partial charge >= 0.3 is 0 Å². The van der Waals surface area contributed by atoms with Crippen LogP contribution in [0.5, 0.6) is 0 Å². The largest absolute Gasteiger partial charge is 0.350 e. The maximum absolute atomic E-state index is 12.6. The molecule has 2 N–H and O–H groups in total. The molecular formula is C23H25ClN2O4S. The van der Waals surface area contributed by atoms with Crippen LogP contribution >= 0.6 is 11.6 Å². The normalized spacial score (nSPS) is 19.7. The summed E-state index contributed by atoms with van der Waals surface area (Å²) in [5.41, 5.74) is 2.64. The number of sulfone groups is 1. The van der Waals surface area contributed by atoms with Crippen LogP contribution in [-0.4, -0.2) is 30.6 Å². The minimum atomic E-state index is -3.53. The van der Waals surface area contributed by atoms with Gasteiger partial charge in [-0.2, -0.15) is 0 Å². The van der Waals surface area contributed by atoms with Gasteiger partial charge in [-0.05, 0) is 62.8 Å². The minimum absolute atomic E-state index is 0.0189. The molecule has 4 rings (SSSR count). The van der Waals surface area contributed by atoms with E-state index in [0.29, 0.717) is 35.6 Å². The van der Waals surface area contributed by atoms with Gasteiger partial charge in [0.05, 0.1) is 15.2 Å². The zero-order valence-corrected chi connectivity index (χ0v) is 19.0. The minimum Gasteiger partial charge on any atom is -0.350 e. The number of carbonyl (C=O) groups is 1. The van der Waals surface area contributed by atoms with Crippen LogP contribution in [0, 0.1) is 0 Å². The molecule has 0 spiro atoms. The van der Waals surface area contributed by atoms with Gasteiger partial charge in [-0.1, -0.05) is 29.8 Å². The molecular weight excluding hydrogens is 436 g/mol. The fourth-order valence-corrected chi connectivity index (χ4v) is 5.42. The number of halogens is 1. The second-order valence-corrected chi connectivity index (χ2v) is 11.3. The number of pyridine rings is 1. The van der Waals surface area contributed by atoms with Crippen LogP contribution in [0.2, 0.25) is 5.02 Å². The summed E-state index contributed by atoms with van der Waals surface area (Å²) in [6.45, 7) is 3.22. The lowest BCUT2D eigenvalue weighted by atomic mass is 9.98. The Kier molecular flexibility index (Phi) is 5.83. The lowest BCUT2D eigenvalue weighted by Crippen LogP contribution is -2.23. The van der Waals surface area contributed by atoms with Crippen molar-refractivity contribution in [2.45, 2.75) is 61.6 Å². The Morgan fingerprint density at radius 3 is 2.42 bits per heavy atom. The van der Waals surface area contributed by atoms with Gasteiger partial charge in [-0.3, -0.25) is 9.59 Å². The summed E-state index contributed by atoms with van der Waals surface area (Å²) in [6, 6.07) is 8.34. The lowest BCUT2D eigenvalue weighted by molar-refractivity contribution is -0.119. The second kappa shape index (κ2) is 8.28. The van der Waals surface area contributed by atoms with E-state index >= 15 is 0 Å². The second-order valence-electron chi connectivity index (χ2n) is 8.46. The number of rotatable bonds is 6. The van der Waals surface area contributed by atoms with Gasteiger partial charge in [0.15, 0.2) is 9.84 Å². The molecule has 2 aromatic rings. The first-order chi connectivity index (χ1) is 14.7. The monoisotopic (exact) mass is 460 g/mol. The van der Waals surface area contributed by atoms with Gasteiger partial charge in [-0.15, -0.1) is 0 Å². The zero-order valence-electron chi connectivity index (χ0n) is 17.4. The molecule has 1 aromatic heterocycles. The summed E-state index contributed by atoms with van der Waals surface area (Å²) < 4.78 is 25.2. The Labute approximate surface area is 186 Å². The number of H-pyrrole nitrogens is 1. The smallest absolute Gasteiger partial charge is 0.251 e. The molecule has 2 heterocycles. The summed E-state index contributed by atoms with van der Waals surface area (Å²) in [4.78, 5) is 27.3. The molecule has 1 aliphatic carbocycles. The molecule has 2 aliphatic rings. The van der Waals surface area contributed by atoms with E-state index < -0.39 is 15.1 Å². The Hall–Kier alpha value is -2.38. The van der Waals surface area contributed by atoms with Crippen molar-refractivity contribution in [3.8, 4) is 0 Å². The van der Waals surface area contributed by atoms with Gasteiger partial charge in [0.1, 0.15) is 0 Å². The van der Waals surface area contributed by atoms with E-state index in [4.69, 9.17) is 11.6 Å². The predicted octanol–water partition coefficient (Wildman–Crippen LogP) is 3.80. The summed E-state index contributed by atoms with van der Waals surface area (Å²) in [5, 5.41) is 2.44. The third kappa shape index (κ3) is 4.48. The summed E-state index contributed by atoms with van der Waals surface area (Å²) in [7, 11) is -3.53. The van der Waals surface area contributed by atoms with Crippen molar-refractivity contribution < 1.29 is 13.2 Å². The fourth-order valence-electron chi connectivity index (χ4n) is 3.82. The summed E-state index contributed by atoms with van der Waals surface area (Å²) >= 11 is 6.39. The van der Waals surface area contributed by atoms with Gasteiger partial charge in [0, 0.05) is 29.3 Å². The number of hydrogen-bond acceptors (Lipinski definition) is 4. The zero-order chi connectivity index (χ0) is 22.3. The van der Waals surface area contributed by atoms with E-state index in [1.165, 1.54) is 6.07 Å². The summed E-state index contributed by atoms with van der Waals surface area (Å²) in [5.74, 6) is 0.309. The van der Waals surface area contributed by atoms with Crippen LogP contribution < -0.4 is 10.9 Å². The standard InChI is InChI=1S/C23H25ClN2O4S/c1-13(2)31(29,30)21-9-5-15(11-19(21)24)18(12-16-6-10-22(27)25-16)20-8-7-17(14-3-4-14)23(28)26-20/h5,7-9,11-14,16H,3-4,6,10H2,1-2H3,(H,25,27)(H,26,28)/b18-12-/t16-/m1/s1. The third-order valence-corrected chi connectivity index (χ3v) is 8.45. The van der Waals surface area contributed by atoms with Crippen molar-refractivity contribution in [3.63, 3.8) is 0 Å². The number of amides is 1. The lowest BCUT2D eigenvalue weighted by Gasteiger charge is -2.15. The van der Waals surface area contributed by atoms with Crippen molar-refractivity contribution in [3.05, 3.63) is 68.6 Å². The average molecular weight is 461 g/mol. The van der Waals surface area contributed by atoms with Crippen LogP contribution in [0.15, 0.2) is 46.1 Å². The van der Waals surface area contributed by atoms with Crippen molar-refractivity contribution >= 4 is 32.9 Å². The molecule has 1 saturated heterocycles.